The molecule has 5 nitrogen and oxygen atoms in total. The Morgan fingerprint density at radius 2 is 2.05 bits per heavy atom. The van der Waals surface area contributed by atoms with E-state index in [1.165, 1.54) is 6.07 Å². The average molecular weight is 293 g/mol. The highest BCUT2D eigenvalue weighted by Gasteiger charge is 2.04. The highest BCUT2D eigenvalue weighted by molar-refractivity contribution is 5.85. The predicted molar refractivity (Wildman–Crippen MR) is 85.0 cm³/mol. The number of hydrogen-bond acceptors (Lipinski definition) is 4. The van der Waals surface area contributed by atoms with Crippen LogP contribution in [0.1, 0.15) is 21.7 Å². The van der Waals surface area contributed by atoms with E-state index >= 15 is 0 Å². The van der Waals surface area contributed by atoms with Crippen molar-refractivity contribution in [2.24, 2.45) is 0 Å². The lowest BCUT2D eigenvalue weighted by atomic mass is 10.1. The summed E-state index contributed by atoms with van der Waals surface area (Å²) in [5.74, 6) is -1.02. The summed E-state index contributed by atoms with van der Waals surface area (Å²) in [5, 5.41) is 13.2. The molecule has 110 valence electrons. The Bertz CT molecular complexity index is 829. The van der Waals surface area contributed by atoms with Crippen LogP contribution in [-0.4, -0.2) is 21.0 Å². The summed E-state index contributed by atoms with van der Waals surface area (Å²) in [5.41, 5.74) is 3.93. The lowest BCUT2D eigenvalue weighted by Crippen LogP contribution is -2.03. The SMILES string of the molecule is Cc1ccc2cc(NCc3ccc(C(=O)O)nc3)ccc2n1. The van der Waals surface area contributed by atoms with Crippen LogP contribution in [0.15, 0.2) is 48.7 Å². The Morgan fingerprint density at radius 3 is 2.77 bits per heavy atom. The molecule has 1 aromatic carbocycles. The number of nitrogens with one attached hydrogen (secondary N) is 1. The fraction of sp³-hybridized carbons (Fsp3) is 0.118. The number of carboxylic acid groups (broad SMARTS) is 1. The fourth-order valence-corrected chi connectivity index (χ4v) is 2.20. The van der Waals surface area contributed by atoms with Crippen molar-refractivity contribution in [3.8, 4) is 0 Å². The van der Waals surface area contributed by atoms with Crippen LogP contribution in [0.3, 0.4) is 0 Å². The molecule has 0 fully saturated rings. The van der Waals surface area contributed by atoms with Crippen molar-refractivity contribution in [3.63, 3.8) is 0 Å². The van der Waals surface area contributed by atoms with Crippen LogP contribution in [0.5, 0.6) is 0 Å². The van der Waals surface area contributed by atoms with Crippen molar-refractivity contribution in [1.82, 2.24) is 9.97 Å². The van der Waals surface area contributed by atoms with Gasteiger partial charge in [0.15, 0.2) is 0 Å². The molecular weight excluding hydrogens is 278 g/mol. The van der Waals surface area contributed by atoms with Crippen LogP contribution >= 0.6 is 0 Å². The summed E-state index contributed by atoms with van der Waals surface area (Å²) in [4.78, 5) is 19.1. The van der Waals surface area contributed by atoms with Gasteiger partial charge in [0.25, 0.3) is 0 Å². The first-order valence-electron chi connectivity index (χ1n) is 6.91. The zero-order valence-electron chi connectivity index (χ0n) is 12.1. The van der Waals surface area contributed by atoms with Crippen LogP contribution in [0, 0.1) is 6.92 Å². The van der Waals surface area contributed by atoms with Gasteiger partial charge in [-0.25, -0.2) is 9.78 Å². The minimum absolute atomic E-state index is 0.0518. The number of aromatic carboxylic acids is 1. The molecule has 0 aliphatic carbocycles. The molecule has 5 heteroatoms. The molecule has 0 atom stereocenters. The minimum atomic E-state index is -1.02. The quantitative estimate of drug-likeness (QED) is 0.772. The number of anilines is 1. The topological polar surface area (TPSA) is 75.1 Å². The van der Waals surface area contributed by atoms with Gasteiger partial charge in [-0.2, -0.15) is 0 Å². The van der Waals surface area contributed by atoms with E-state index < -0.39 is 5.97 Å². The van der Waals surface area contributed by atoms with Crippen molar-refractivity contribution in [2.45, 2.75) is 13.5 Å². The Morgan fingerprint density at radius 1 is 1.18 bits per heavy atom. The number of aromatic nitrogens is 2. The molecule has 2 heterocycles. The Labute approximate surface area is 127 Å². The second-order valence-corrected chi connectivity index (χ2v) is 5.07. The third-order valence-corrected chi connectivity index (χ3v) is 3.37. The first-order valence-corrected chi connectivity index (χ1v) is 6.91. The standard InChI is InChI=1S/C17H15N3O2/c1-11-2-4-13-8-14(5-7-15(13)20-11)18-9-12-3-6-16(17(21)22)19-10-12/h2-8,10,18H,9H2,1H3,(H,21,22). The van der Waals surface area contributed by atoms with E-state index in [-0.39, 0.29) is 5.69 Å². The van der Waals surface area contributed by atoms with Gasteiger partial charge in [0.1, 0.15) is 5.69 Å². The van der Waals surface area contributed by atoms with Crippen LogP contribution < -0.4 is 5.32 Å². The van der Waals surface area contributed by atoms with Crippen molar-refractivity contribution < 1.29 is 9.90 Å². The van der Waals surface area contributed by atoms with E-state index in [1.807, 2.05) is 37.3 Å². The number of aryl methyl sites for hydroxylation is 1. The van der Waals surface area contributed by atoms with Gasteiger partial charge in [0, 0.05) is 29.5 Å². The number of nitrogens with zero attached hydrogens (tertiary/aromatic N) is 2. The molecule has 2 aromatic heterocycles. The summed E-state index contributed by atoms with van der Waals surface area (Å²) in [6, 6.07) is 13.3. The van der Waals surface area contributed by atoms with Gasteiger partial charge in [-0.1, -0.05) is 12.1 Å². The summed E-state index contributed by atoms with van der Waals surface area (Å²) >= 11 is 0. The molecule has 0 unspecified atom stereocenters. The maximum atomic E-state index is 10.8. The van der Waals surface area contributed by atoms with Crippen LogP contribution in [-0.2, 0) is 6.54 Å². The average Bonchev–Trinajstić information content (AvgIpc) is 2.53. The minimum Gasteiger partial charge on any atom is -0.477 e. The second-order valence-electron chi connectivity index (χ2n) is 5.07. The summed E-state index contributed by atoms with van der Waals surface area (Å²) in [6.07, 6.45) is 1.57. The number of rotatable bonds is 4. The molecule has 0 aliphatic heterocycles. The summed E-state index contributed by atoms with van der Waals surface area (Å²) in [6.45, 7) is 2.55. The zero-order valence-corrected chi connectivity index (χ0v) is 12.1. The van der Waals surface area contributed by atoms with Gasteiger partial charge in [0.05, 0.1) is 5.52 Å². The third kappa shape index (κ3) is 3.03. The van der Waals surface area contributed by atoms with Crippen LogP contribution in [0.2, 0.25) is 0 Å². The Hall–Kier alpha value is -2.95. The number of pyridine rings is 2. The first-order chi connectivity index (χ1) is 10.6. The number of fused-ring (bicyclic) bond motifs is 1. The van der Waals surface area contributed by atoms with E-state index in [9.17, 15) is 4.79 Å². The molecule has 0 bridgehead atoms. The van der Waals surface area contributed by atoms with Crippen molar-refractivity contribution in [3.05, 3.63) is 65.6 Å². The molecule has 0 radical (unpaired) electrons. The monoisotopic (exact) mass is 293 g/mol. The predicted octanol–water partition coefficient (Wildman–Crippen LogP) is 3.25. The van der Waals surface area contributed by atoms with Crippen LogP contribution in [0.4, 0.5) is 5.69 Å². The number of carbonyl (C=O) groups is 1. The van der Waals surface area contributed by atoms with E-state index in [2.05, 4.69) is 15.3 Å². The Kier molecular flexibility index (Phi) is 3.70. The van der Waals surface area contributed by atoms with E-state index in [1.54, 1.807) is 12.3 Å². The first kappa shape index (κ1) is 14.0. The van der Waals surface area contributed by atoms with Gasteiger partial charge in [-0.3, -0.25) is 4.98 Å². The fourth-order valence-electron chi connectivity index (χ4n) is 2.20. The van der Waals surface area contributed by atoms with Crippen molar-refractivity contribution in [1.29, 1.82) is 0 Å². The molecule has 0 saturated carbocycles. The largest absolute Gasteiger partial charge is 0.477 e. The second kappa shape index (κ2) is 5.81. The molecule has 3 aromatic rings. The van der Waals surface area contributed by atoms with Gasteiger partial charge in [-0.15, -0.1) is 0 Å². The van der Waals surface area contributed by atoms with E-state index in [4.69, 9.17) is 5.11 Å². The van der Waals surface area contributed by atoms with Crippen molar-refractivity contribution in [2.75, 3.05) is 5.32 Å². The summed E-state index contributed by atoms with van der Waals surface area (Å²) in [7, 11) is 0. The number of carboxylic acids is 1. The molecule has 0 saturated heterocycles. The third-order valence-electron chi connectivity index (χ3n) is 3.37. The van der Waals surface area contributed by atoms with Crippen molar-refractivity contribution >= 4 is 22.6 Å². The highest BCUT2D eigenvalue weighted by atomic mass is 16.4. The lowest BCUT2D eigenvalue weighted by molar-refractivity contribution is 0.0690. The Balaban J connectivity index is 1.73. The van der Waals surface area contributed by atoms with Crippen LogP contribution in [0.25, 0.3) is 10.9 Å². The number of benzene rings is 1. The highest BCUT2D eigenvalue weighted by Crippen LogP contribution is 2.18. The molecule has 2 N–H and O–H groups in total. The van der Waals surface area contributed by atoms with E-state index in [0.717, 1.165) is 27.8 Å². The smallest absolute Gasteiger partial charge is 0.354 e. The molecule has 0 spiro atoms. The van der Waals surface area contributed by atoms with Gasteiger partial charge in [0.2, 0.25) is 0 Å². The molecule has 3 rings (SSSR count). The maximum absolute atomic E-state index is 10.8. The normalized spacial score (nSPS) is 10.6. The lowest BCUT2D eigenvalue weighted by Gasteiger charge is -2.08. The van der Waals surface area contributed by atoms with E-state index in [0.29, 0.717) is 6.54 Å². The number of hydrogen-bond donors (Lipinski definition) is 2. The molecule has 22 heavy (non-hydrogen) atoms. The zero-order chi connectivity index (χ0) is 15.5. The van der Waals surface area contributed by atoms with Gasteiger partial charge >= 0.3 is 5.97 Å². The van der Waals surface area contributed by atoms with Gasteiger partial charge in [-0.05, 0) is 42.8 Å². The maximum Gasteiger partial charge on any atom is 0.354 e. The molecular formula is C17H15N3O2. The molecule has 0 amide bonds. The summed E-state index contributed by atoms with van der Waals surface area (Å²) < 4.78 is 0. The molecule has 0 aliphatic rings. The van der Waals surface area contributed by atoms with Gasteiger partial charge < -0.3 is 10.4 Å².